The maximum Gasteiger partial charge on any atom is 0.163 e. The van der Waals surface area contributed by atoms with E-state index in [0.29, 0.717) is 13.1 Å². The smallest absolute Gasteiger partial charge is 0.163 e. The number of hydrogen-bond acceptors (Lipinski definition) is 5. The molecular formula is C11H16N6O. The fourth-order valence-corrected chi connectivity index (χ4v) is 2.37. The first-order valence-corrected chi connectivity index (χ1v) is 6.00. The van der Waals surface area contributed by atoms with Crippen molar-refractivity contribution in [3.05, 3.63) is 17.1 Å². The molecule has 0 spiro atoms. The van der Waals surface area contributed by atoms with E-state index in [4.69, 9.17) is 0 Å². The van der Waals surface area contributed by atoms with E-state index in [1.165, 1.54) is 5.06 Å². The fraction of sp³-hybridized carbons (Fsp3) is 0.545. The Kier molecular flexibility index (Phi) is 2.46. The average molecular weight is 248 g/mol. The van der Waals surface area contributed by atoms with Gasteiger partial charge in [-0.25, -0.2) is 4.98 Å². The highest BCUT2D eigenvalue weighted by Crippen LogP contribution is 2.28. The maximum atomic E-state index is 9.53. The molecule has 3 heterocycles. The molecule has 7 nitrogen and oxygen atoms in total. The molecule has 1 aliphatic rings. The largest absolute Gasteiger partial charge is 0.325 e. The number of hydrogen-bond donors (Lipinski definition) is 1. The molecule has 0 radical (unpaired) electrons. The summed E-state index contributed by atoms with van der Waals surface area (Å²) in [4.78, 5) is 4.60. The van der Waals surface area contributed by atoms with E-state index >= 15 is 0 Å². The first-order valence-electron chi connectivity index (χ1n) is 6.00. The first kappa shape index (κ1) is 11.4. The van der Waals surface area contributed by atoms with E-state index in [1.807, 2.05) is 14.0 Å². The minimum absolute atomic E-state index is 0.481. The molecule has 0 atom stereocenters. The molecule has 7 heteroatoms. The van der Waals surface area contributed by atoms with E-state index in [2.05, 4.69) is 26.8 Å². The van der Waals surface area contributed by atoms with Crippen LogP contribution in [-0.4, -0.2) is 34.8 Å². The van der Waals surface area contributed by atoms with Gasteiger partial charge in [-0.1, -0.05) is 5.21 Å². The first-order chi connectivity index (χ1) is 8.61. The highest BCUT2D eigenvalue weighted by atomic mass is 16.5. The summed E-state index contributed by atoms with van der Waals surface area (Å²) in [7, 11) is 1.87. The lowest BCUT2D eigenvalue weighted by Gasteiger charge is -2.09. The number of fused-ring (bicyclic) bond motifs is 1. The molecule has 1 aliphatic heterocycles. The van der Waals surface area contributed by atoms with Crippen molar-refractivity contribution in [3.8, 4) is 11.5 Å². The van der Waals surface area contributed by atoms with E-state index in [1.54, 1.807) is 4.68 Å². The second kappa shape index (κ2) is 3.89. The number of hydroxylamine groups is 2. The maximum absolute atomic E-state index is 9.53. The fourth-order valence-electron chi connectivity index (χ4n) is 2.37. The Labute approximate surface area is 105 Å². The van der Waals surface area contributed by atoms with Crippen molar-refractivity contribution in [1.29, 1.82) is 0 Å². The zero-order valence-corrected chi connectivity index (χ0v) is 10.8. The molecule has 0 fully saturated rings. The van der Waals surface area contributed by atoms with Gasteiger partial charge in [0.2, 0.25) is 0 Å². The Morgan fingerprint density at radius 3 is 2.72 bits per heavy atom. The molecule has 0 bridgehead atoms. The molecule has 96 valence electrons. The van der Waals surface area contributed by atoms with Crippen molar-refractivity contribution >= 4 is 0 Å². The van der Waals surface area contributed by atoms with Crippen LogP contribution in [0.4, 0.5) is 0 Å². The second-order valence-corrected chi connectivity index (χ2v) is 4.54. The third-order valence-electron chi connectivity index (χ3n) is 3.46. The van der Waals surface area contributed by atoms with E-state index in [0.717, 1.165) is 35.1 Å². The summed E-state index contributed by atoms with van der Waals surface area (Å²) in [6.45, 7) is 5.86. The topological polar surface area (TPSA) is 72.0 Å². The van der Waals surface area contributed by atoms with Crippen molar-refractivity contribution in [2.24, 2.45) is 7.05 Å². The lowest BCUT2D eigenvalue weighted by atomic mass is 10.3. The van der Waals surface area contributed by atoms with Crippen LogP contribution in [0.2, 0.25) is 0 Å². The predicted octanol–water partition coefficient (Wildman–Crippen LogP) is 0.712. The number of aromatic nitrogens is 5. The molecule has 18 heavy (non-hydrogen) atoms. The standard InChI is InChI=1S/C11H16N6O/c1-4-17-9-6-16(18)5-8(9)12-11(17)10-7(2)15(3)14-13-10/h18H,4-6H2,1-3H3. The molecule has 2 aromatic rings. The molecule has 0 saturated heterocycles. The van der Waals surface area contributed by atoms with Crippen molar-refractivity contribution < 1.29 is 5.21 Å². The van der Waals surface area contributed by atoms with Gasteiger partial charge in [-0.15, -0.1) is 5.10 Å². The Morgan fingerprint density at radius 1 is 1.33 bits per heavy atom. The van der Waals surface area contributed by atoms with Crippen molar-refractivity contribution in [2.45, 2.75) is 33.5 Å². The van der Waals surface area contributed by atoms with Crippen LogP contribution >= 0.6 is 0 Å². The van der Waals surface area contributed by atoms with E-state index in [-0.39, 0.29) is 0 Å². The quantitative estimate of drug-likeness (QED) is 0.847. The average Bonchev–Trinajstić information content (AvgIpc) is 2.93. The van der Waals surface area contributed by atoms with Gasteiger partial charge in [0.1, 0.15) is 0 Å². The van der Waals surface area contributed by atoms with E-state index < -0.39 is 0 Å². The van der Waals surface area contributed by atoms with Gasteiger partial charge in [0.15, 0.2) is 11.5 Å². The highest BCUT2D eigenvalue weighted by Gasteiger charge is 2.27. The van der Waals surface area contributed by atoms with Crippen LogP contribution in [0.25, 0.3) is 11.5 Å². The highest BCUT2D eigenvalue weighted by molar-refractivity contribution is 5.54. The Bertz CT molecular complexity index is 599. The van der Waals surface area contributed by atoms with Crippen molar-refractivity contribution in [2.75, 3.05) is 0 Å². The summed E-state index contributed by atoms with van der Waals surface area (Å²) in [5, 5.41) is 19.0. The van der Waals surface area contributed by atoms with Gasteiger partial charge >= 0.3 is 0 Å². The van der Waals surface area contributed by atoms with Crippen LogP contribution in [0.1, 0.15) is 24.0 Å². The second-order valence-electron chi connectivity index (χ2n) is 4.54. The number of imidazole rings is 1. The van der Waals surface area contributed by atoms with Crippen LogP contribution in [-0.2, 0) is 26.7 Å². The van der Waals surface area contributed by atoms with Gasteiger partial charge in [0.25, 0.3) is 0 Å². The van der Waals surface area contributed by atoms with Crippen LogP contribution in [0.5, 0.6) is 0 Å². The molecule has 1 N–H and O–H groups in total. The van der Waals surface area contributed by atoms with Gasteiger partial charge in [0.05, 0.1) is 30.2 Å². The minimum Gasteiger partial charge on any atom is -0.325 e. The summed E-state index contributed by atoms with van der Waals surface area (Å²) in [5.74, 6) is 0.848. The minimum atomic E-state index is 0.481. The normalized spacial score (nSPS) is 15.3. The molecule has 0 amide bonds. The Balaban J connectivity index is 2.14. The van der Waals surface area contributed by atoms with Gasteiger partial charge in [-0.2, -0.15) is 5.06 Å². The zero-order chi connectivity index (χ0) is 12.9. The molecule has 2 aromatic heterocycles. The summed E-state index contributed by atoms with van der Waals surface area (Å²) in [6.07, 6.45) is 0. The van der Waals surface area contributed by atoms with Crippen LogP contribution in [0.3, 0.4) is 0 Å². The molecule has 3 rings (SSSR count). The zero-order valence-electron chi connectivity index (χ0n) is 10.8. The number of aryl methyl sites for hydroxylation is 1. The summed E-state index contributed by atoms with van der Waals surface area (Å²) >= 11 is 0. The van der Waals surface area contributed by atoms with Crippen LogP contribution in [0, 0.1) is 6.92 Å². The van der Waals surface area contributed by atoms with Crippen molar-refractivity contribution in [3.63, 3.8) is 0 Å². The Hall–Kier alpha value is -1.73. The lowest BCUT2D eigenvalue weighted by Crippen LogP contribution is -2.13. The summed E-state index contributed by atoms with van der Waals surface area (Å²) < 4.78 is 3.84. The monoisotopic (exact) mass is 248 g/mol. The number of nitrogens with zero attached hydrogens (tertiary/aromatic N) is 6. The predicted molar refractivity (Wildman–Crippen MR) is 63.7 cm³/mol. The van der Waals surface area contributed by atoms with Gasteiger partial charge in [-0.3, -0.25) is 4.68 Å². The molecular weight excluding hydrogens is 232 g/mol. The van der Waals surface area contributed by atoms with Crippen LogP contribution in [0.15, 0.2) is 0 Å². The van der Waals surface area contributed by atoms with Crippen molar-refractivity contribution in [1.82, 2.24) is 29.6 Å². The molecule has 0 saturated carbocycles. The van der Waals surface area contributed by atoms with Gasteiger partial charge < -0.3 is 9.77 Å². The third kappa shape index (κ3) is 1.48. The van der Waals surface area contributed by atoms with Gasteiger partial charge in [-0.05, 0) is 13.8 Å². The van der Waals surface area contributed by atoms with E-state index in [9.17, 15) is 5.21 Å². The number of rotatable bonds is 2. The van der Waals surface area contributed by atoms with Gasteiger partial charge in [0, 0.05) is 13.6 Å². The SMILES string of the molecule is CCn1c(-c2nnn(C)c2C)nc2c1CN(O)C2. The molecule has 0 aliphatic carbocycles. The molecule has 0 aromatic carbocycles. The molecule has 0 unspecified atom stereocenters. The lowest BCUT2D eigenvalue weighted by molar-refractivity contribution is -0.0985. The van der Waals surface area contributed by atoms with Crippen LogP contribution < -0.4 is 0 Å². The summed E-state index contributed by atoms with van der Waals surface area (Å²) in [5.41, 5.74) is 3.81. The third-order valence-corrected chi connectivity index (χ3v) is 3.46. The Morgan fingerprint density at radius 2 is 2.11 bits per heavy atom. The summed E-state index contributed by atoms with van der Waals surface area (Å²) in [6, 6.07) is 0.